The first-order chi connectivity index (χ1) is 67.6. The van der Waals surface area contributed by atoms with E-state index in [0.29, 0.717) is 161 Å². The number of alkyl halides is 1. The number of benzene rings is 12. The van der Waals surface area contributed by atoms with E-state index in [2.05, 4.69) is 53.0 Å². The first kappa shape index (κ1) is 118. The van der Waals surface area contributed by atoms with Gasteiger partial charge in [0.25, 0.3) is 0 Å². The Morgan fingerprint density at radius 3 is 1.06 bits per heavy atom. The van der Waals surface area contributed by atoms with Crippen molar-refractivity contribution < 1.29 is 140 Å². The van der Waals surface area contributed by atoms with Crippen molar-refractivity contribution in [1.82, 2.24) is 5.32 Å². The summed E-state index contributed by atoms with van der Waals surface area (Å²) in [6.07, 6.45) is 10.9. The number of methoxy groups -OCH3 is 10. The van der Waals surface area contributed by atoms with Crippen molar-refractivity contribution in [3.05, 3.63) is 343 Å². The van der Waals surface area contributed by atoms with Crippen LogP contribution in [0.15, 0.2) is 255 Å². The number of carboxylic acids is 1. The molecule has 2 aliphatic heterocycles. The summed E-state index contributed by atoms with van der Waals surface area (Å²) in [4.78, 5) is 54.1. The number of fused-ring (bicyclic) bond motifs is 2. The van der Waals surface area contributed by atoms with Gasteiger partial charge in [-0.25, -0.2) is 4.79 Å². The summed E-state index contributed by atoms with van der Waals surface area (Å²) in [5.74, 6) is 8.53. The number of nitro groups is 1. The second-order valence-corrected chi connectivity index (χ2v) is 38.9. The molecule has 0 aliphatic carbocycles. The molecule has 5 N–H and O–H groups in total. The van der Waals surface area contributed by atoms with E-state index < -0.39 is 18.3 Å². The number of nitrogens with two attached hydrogens (primary N) is 1. The zero-order chi connectivity index (χ0) is 102. The zero-order valence-corrected chi connectivity index (χ0v) is 85.8. The maximum Gasteiger partial charge on any atom is 1.00 e. The van der Waals surface area contributed by atoms with Crippen LogP contribution in [-0.4, -0.2) is 153 Å². The second-order valence-electron chi connectivity index (χ2n) is 30.8. The van der Waals surface area contributed by atoms with Crippen LogP contribution in [0.1, 0.15) is 88.9 Å². The Morgan fingerprint density at radius 2 is 0.732 bits per heavy atom. The van der Waals surface area contributed by atoms with Crippen LogP contribution >= 0.6 is 27.0 Å². The Morgan fingerprint density at radius 1 is 0.437 bits per heavy atom. The summed E-state index contributed by atoms with van der Waals surface area (Å²) in [5.41, 5.74) is 18.3. The number of aldehydes is 2. The third kappa shape index (κ3) is 40.3. The van der Waals surface area contributed by atoms with E-state index >= 15 is 0 Å². The average Bonchev–Trinajstić information content (AvgIpc) is 1.14. The van der Waals surface area contributed by atoms with Crippen LogP contribution in [-0.2, 0) is 54.2 Å². The second kappa shape index (κ2) is 63.8. The number of phenols is 1. The number of carboxylic acid groups (broad SMARTS) is 1. The molecule has 745 valence electrons. The molecule has 0 saturated heterocycles. The topological polar surface area (TPSA) is 356 Å². The number of hydrogen-bond donors (Lipinski definition) is 4. The van der Waals surface area contributed by atoms with Gasteiger partial charge in [-0.05, 0) is 197 Å². The van der Waals surface area contributed by atoms with Gasteiger partial charge in [-0.15, -0.1) is 0 Å². The van der Waals surface area contributed by atoms with Gasteiger partial charge in [0, 0.05) is 49.6 Å². The Kier molecular flexibility index (Phi) is 53.0. The van der Waals surface area contributed by atoms with Gasteiger partial charge in [0.05, 0.1) is 76.0 Å². The Bertz CT molecular complexity index is 6020. The number of ether oxygens (including phenoxy) is 18. The number of halogens is 2. The van der Waals surface area contributed by atoms with Gasteiger partial charge in [0.15, 0.2) is 80.5 Å². The molecule has 2 aliphatic rings. The van der Waals surface area contributed by atoms with Crippen molar-refractivity contribution in [3.8, 4) is 109 Å². The molecule has 0 unspecified atom stereocenters. The molecule has 1 amide bonds. The maximum absolute atomic E-state index is 12.4. The fourth-order valence-electron chi connectivity index (χ4n) is 12.8. The van der Waals surface area contributed by atoms with Crippen molar-refractivity contribution in [2.45, 2.75) is 78.1 Å². The minimum Gasteiger partial charge on any atom is -1.00 e. The van der Waals surface area contributed by atoms with Crippen molar-refractivity contribution in [1.29, 1.82) is 0 Å². The smallest absolute Gasteiger partial charge is 1.00 e. The van der Waals surface area contributed by atoms with Crippen molar-refractivity contribution >= 4 is 85.5 Å². The molecule has 0 fully saturated rings. The largest absolute Gasteiger partial charge is 1.00 e. The van der Waals surface area contributed by atoms with E-state index in [0.717, 1.165) is 91.7 Å². The number of carbonyl (C=O) groups is 4. The van der Waals surface area contributed by atoms with E-state index in [4.69, 9.17) is 107 Å². The number of amides is 1. The molecule has 3 radical (unpaired) electrons. The third-order valence-electron chi connectivity index (χ3n) is 19.5. The van der Waals surface area contributed by atoms with Crippen molar-refractivity contribution in [2.24, 2.45) is 5.73 Å². The normalized spacial score (nSPS) is 10.8. The molecule has 14 rings (SSSR count). The first-order valence-electron chi connectivity index (χ1n) is 43.6. The molecular formula is C108H120BBrClLiN3O26Si. The number of hydrogen-bond acceptors (Lipinski definition) is 26. The number of aryl methyl sites for hydroxylation is 2. The van der Waals surface area contributed by atoms with Gasteiger partial charge in [0.2, 0.25) is 54.4 Å². The Hall–Kier alpha value is -14.7. The van der Waals surface area contributed by atoms with Gasteiger partial charge < -0.3 is 108 Å². The van der Waals surface area contributed by atoms with Crippen LogP contribution in [0.5, 0.6) is 109 Å². The quantitative estimate of drug-likeness (QED) is 0.00539. The molecule has 0 bridgehead atoms. The number of nitrogens with one attached hydrogen (secondary N) is 1. The molecule has 0 saturated carbocycles. The number of carbonyl (C=O) groups excluding carboxylic acids is 3. The minimum absolute atomic E-state index is 0. The fraction of sp³-hybridized carbons (Fsp3) is 0.241. The van der Waals surface area contributed by atoms with Crippen LogP contribution in [0, 0.1) is 24.0 Å². The molecule has 2 heterocycles. The van der Waals surface area contributed by atoms with E-state index in [9.17, 15) is 34.4 Å². The van der Waals surface area contributed by atoms with E-state index in [1.165, 1.54) is 72.5 Å². The number of nitrogens with zero attached hydrogens (tertiary/aromatic N) is 1. The number of phenolic OH excluding ortho intramolecular Hbond substituents is 1. The van der Waals surface area contributed by atoms with Gasteiger partial charge in [-0.2, -0.15) is 11.1 Å². The van der Waals surface area contributed by atoms with Crippen molar-refractivity contribution in [2.75, 3.05) is 97.8 Å². The van der Waals surface area contributed by atoms with Gasteiger partial charge in [-0.1, -0.05) is 187 Å². The summed E-state index contributed by atoms with van der Waals surface area (Å²) >= 11 is 9.03. The Labute approximate surface area is 858 Å². The molecule has 142 heavy (non-hydrogen) atoms. The van der Waals surface area contributed by atoms with E-state index in [-0.39, 0.29) is 59.7 Å². The molecular weight excluding hydrogens is 1920 g/mol. The summed E-state index contributed by atoms with van der Waals surface area (Å²) in [7, 11) is 14.2. The monoisotopic (exact) mass is 2030 g/mol. The van der Waals surface area contributed by atoms with Crippen LogP contribution in [0.3, 0.4) is 0 Å². The fourth-order valence-corrected chi connectivity index (χ4v) is 13.2. The SMILES string of the molecule is BrCc1ccccc1.COc1cc(/C=C/[N+](=O)[O-])cc(OCc2ccccc2)c1OC.COc1cc(C=O)cc(O)c1OC.COc1cc(C=O)cc(OCc2ccccc2)c1OC.COc1cc(CCN)cc(OCc2ccccc2)c1OC.COc1cc(CCNC(=O)/C=C/c2cc3c(cc2C)OCO3)cc(OCc2ccccc2)c1OC.C[Si](C)(C)Cl.Cc1cc2c(cc1/C=C/C(=O)O)OCO2.[B].[H-].[Li+]. The van der Waals surface area contributed by atoms with Gasteiger partial charge in [0.1, 0.15) is 46.4 Å². The molecule has 34 heteroatoms. The number of aromatic hydroxyl groups is 1. The third-order valence-corrected chi connectivity index (χ3v) is 20.2. The summed E-state index contributed by atoms with van der Waals surface area (Å²) in [6, 6.07) is 74.1. The standard InChI is InChI=1S/C28H29NO6.C17H17NO5.C17H21NO3.C16H16O4.C11H10O4.C9H10O4.C7H7Br.C3H9ClSi.B.Li.H/c1-19-13-23-24(35-18-34-23)16-22(19)9-10-27(30)29-12-11-21-14-25(31-2)28(32-3)26(15-21)33-17-20-7-5-4-6-8-20;1-21-15-10-14(8-9-18(19)20)11-16(17(15)22-2)23-12-13-6-4-3-5-7-13;1-19-15-10-14(8-9-18)11-16(17(15)20-2)21-12-13-6-4-3-5-7-13;1-18-14-8-13(10-17)9-15(16(14)19-2)20-11-12-6-4-3-5-7-12;1-7-4-9-10(15-6-14-9)5-8(7)2-3-11(12)13;1-12-8-4-6(5-10)3-7(11)9(8)13-2;8-6-7-4-2-1-3-5-7;1-5(2,3)4;;;/h4-10,13-16H,11-12,17-18H2,1-3H3,(H,29,30);3-11H,12H2,1-2H3;3-7,10-11H,8-9,12,18H2,1-2H3;3-10H,11H2,1-2H3;2-5H,6H2,1H3,(H,12,13);3-5,11H,1-2H3;1-5H,6H2;1-3H3;;;/q;;;;;;;;;+1;-1/b10-9+;9-8+;;;3-2+;;;;;;. The molecule has 0 atom stereocenters. The average molecular weight is 2040 g/mol. The Balaban J connectivity index is 0.000000355. The first-order valence-corrected chi connectivity index (χ1v) is 49.2. The predicted molar refractivity (Wildman–Crippen MR) is 554 cm³/mol. The predicted octanol–water partition coefficient (Wildman–Crippen LogP) is 18.5. The molecule has 0 aromatic heterocycles. The summed E-state index contributed by atoms with van der Waals surface area (Å²) in [6.45, 7) is 13.2. The van der Waals surface area contributed by atoms with Crippen LogP contribution in [0.4, 0.5) is 0 Å². The van der Waals surface area contributed by atoms with Crippen molar-refractivity contribution in [3.63, 3.8) is 0 Å². The minimum atomic E-state index is -1.14. The molecule has 12 aromatic rings. The summed E-state index contributed by atoms with van der Waals surface area (Å²) in [5, 5.41) is 32.2. The number of rotatable bonds is 36. The van der Waals surface area contributed by atoms with Gasteiger partial charge in [-0.3, -0.25) is 24.5 Å². The van der Waals surface area contributed by atoms with Gasteiger partial charge >= 0.3 is 24.8 Å². The zero-order valence-electron chi connectivity index (χ0n) is 83.5. The summed E-state index contributed by atoms with van der Waals surface area (Å²) < 4.78 is 97.3. The number of aliphatic carboxylic acids is 1. The van der Waals surface area contributed by atoms with Crippen LogP contribution in [0.25, 0.3) is 18.2 Å². The van der Waals surface area contributed by atoms with E-state index in [1.54, 1.807) is 70.9 Å². The molecule has 12 aromatic carbocycles. The molecule has 29 nitrogen and oxygen atoms in total. The molecule has 0 spiro atoms. The van der Waals surface area contributed by atoms with E-state index in [1.807, 2.05) is 196 Å². The van der Waals surface area contributed by atoms with Crippen LogP contribution in [0.2, 0.25) is 19.6 Å². The maximum atomic E-state index is 12.4. The van der Waals surface area contributed by atoms with Crippen LogP contribution < -0.4 is 115 Å².